The van der Waals surface area contributed by atoms with E-state index >= 15 is 0 Å². The zero-order valence-corrected chi connectivity index (χ0v) is 10.7. The molecule has 2 heteroatoms. The molecule has 0 spiro atoms. The molecule has 0 saturated heterocycles. The minimum atomic E-state index is -0.0693. The lowest BCUT2D eigenvalue weighted by Gasteiger charge is -2.39. The molecule has 0 aromatic heterocycles. The van der Waals surface area contributed by atoms with Gasteiger partial charge in [-0.15, -0.1) is 0 Å². The molecular weight excluding hydrogens is 174 g/mol. The van der Waals surface area contributed by atoms with E-state index in [1.807, 2.05) is 4.90 Å². The fourth-order valence-electron chi connectivity index (χ4n) is 1.88. The lowest BCUT2D eigenvalue weighted by molar-refractivity contribution is -0.139. The van der Waals surface area contributed by atoms with E-state index in [0.29, 0.717) is 12.3 Å². The summed E-state index contributed by atoms with van der Waals surface area (Å²) in [5, 5.41) is 0. The maximum atomic E-state index is 12.0. The van der Waals surface area contributed by atoms with Crippen molar-refractivity contribution in [3.63, 3.8) is 0 Å². The van der Waals surface area contributed by atoms with Crippen LogP contribution < -0.4 is 0 Å². The molecule has 1 amide bonds. The monoisotopic (exact) mass is 199 g/mol. The van der Waals surface area contributed by atoms with Crippen LogP contribution in [0.2, 0.25) is 0 Å². The van der Waals surface area contributed by atoms with E-state index in [-0.39, 0.29) is 17.5 Å². The molecule has 0 aliphatic carbocycles. The zero-order valence-electron chi connectivity index (χ0n) is 10.7. The molecule has 0 unspecified atom stereocenters. The van der Waals surface area contributed by atoms with Gasteiger partial charge in [0.25, 0.3) is 0 Å². The molecule has 2 nitrogen and oxygen atoms in total. The van der Waals surface area contributed by atoms with E-state index in [4.69, 9.17) is 0 Å². The minimum Gasteiger partial charge on any atom is -0.335 e. The van der Waals surface area contributed by atoms with Crippen LogP contribution in [-0.2, 0) is 4.79 Å². The molecule has 0 aromatic carbocycles. The highest BCUT2D eigenvalue weighted by Gasteiger charge is 2.28. The second-order valence-electron chi connectivity index (χ2n) is 5.63. The standard InChI is InChI=1S/C12H25NO/c1-9(2)8-11(14)13(10(3)4)12(5,6)7/h9-10H,8H2,1-7H3. The van der Waals surface area contributed by atoms with E-state index in [0.717, 1.165) is 0 Å². The smallest absolute Gasteiger partial charge is 0.223 e. The van der Waals surface area contributed by atoms with Gasteiger partial charge in [-0.1, -0.05) is 13.8 Å². The van der Waals surface area contributed by atoms with Crippen LogP contribution in [-0.4, -0.2) is 22.4 Å². The highest BCUT2D eigenvalue weighted by atomic mass is 16.2. The van der Waals surface area contributed by atoms with Gasteiger partial charge in [-0.3, -0.25) is 4.79 Å². The van der Waals surface area contributed by atoms with Crippen LogP contribution in [0.1, 0.15) is 54.9 Å². The van der Waals surface area contributed by atoms with Crippen molar-refractivity contribution in [2.75, 3.05) is 0 Å². The average molecular weight is 199 g/mol. The van der Waals surface area contributed by atoms with E-state index in [9.17, 15) is 4.79 Å². The van der Waals surface area contributed by atoms with Crippen LogP contribution in [0.15, 0.2) is 0 Å². The molecule has 0 aliphatic rings. The molecule has 0 aromatic rings. The van der Waals surface area contributed by atoms with E-state index in [2.05, 4.69) is 48.5 Å². The van der Waals surface area contributed by atoms with Gasteiger partial charge in [-0.05, 0) is 40.5 Å². The van der Waals surface area contributed by atoms with Gasteiger partial charge in [-0.2, -0.15) is 0 Å². The normalized spacial score (nSPS) is 12.4. The molecule has 0 radical (unpaired) electrons. The number of amides is 1. The van der Waals surface area contributed by atoms with Crippen LogP contribution in [0.5, 0.6) is 0 Å². The Bertz CT molecular complexity index is 189. The Balaban J connectivity index is 4.60. The maximum absolute atomic E-state index is 12.0. The van der Waals surface area contributed by atoms with Crippen LogP contribution in [0.25, 0.3) is 0 Å². The topological polar surface area (TPSA) is 20.3 Å². The Labute approximate surface area is 88.7 Å². The molecule has 0 rings (SSSR count). The van der Waals surface area contributed by atoms with Gasteiger partial charge in [0.05, 0.1) is 0 Å². The zero-order chi connectivity index (χ0) is 11.5. The first kappa shape index (κ1) is 13.5. The lowest BCUT2D eigenvalue weighted by atomic mass is 10.0. The third-order valence-electron chi connectivity index (χ3n) is 2.09. The summed E-state index contributed by atoms with van der Waals surface area (Å²) >= 11 is 0. The predicted octanol–water partition coefficient (Wildman–Crippen LogP) is 3.07. The van der Waals surface area contributed by atoms with Crippen molar-refractivity contribution in [2.24, 2.45) is 5.92 Å². The molecular formula is C12H25NO. The summed E-state index contributed by atoms with van der Waals surface area (Å²) in [6.45, 7) is 14.6. The third kappa shape index (κ3) is 4.12. The summed E-state index contributed by atoms with van der Waals surface area (Å²) < 4.78 is 0. The molecule has 0 N–H and O–H groups in total. The fraction of sp³-hybridized carbons (Fsp3) is 0.917. The average Bonchev–Trinajstić information content (AvgIpc) is 1.78. The number of nitrogens with zero attached hydrogens (tertiary/aromatic N) is 1. The summed E-state index contributed by atoms with van der Waals surface area (Å²) in [5.41, 5.74) is -0.0693. The summed E-state index contributed by atoms with van der Waals surface area (Å²) in [7, 11) is 0. The summed E-state index contributed by atoms with van der Waals surface area (Å²) in [6.07, 6.45) is 0.648. The molecule has 0 atom stereocenters. The Morgan fingerprint density at radius 1 is 1.14 bits per heavy atom. The Morgan fingerprint density at radius 3 is 1.79 bits per heavy atom. The second kappa shape index (κ2) is 4.81. The van der Waals surface area contributed by atoms with Crippen molar-refractivity contribution in [1.29, 1.82) is 0 Å². The maximum Gasteiger partial charge on any atom is 0.223 e. The van der Waals surface area contributed by atoms with Crippen LogP contribution in [0.4, 0.5) is 0 Å². The first-order valence-electron chi connectivity index (χ1n) is 5.48. The van der Waals surface area contributed by atoms with Gasteiger partial charge in [0, 0.05) is 18.0 Å². The van der Waals surface area contributed by atoms with E-state index in [1.165, 1.54) is 0 Å². The molecule has 14 heavy (non-hydrogen) atoms. The van der Waals surface area contributed by atoms with Crippen molar-refractivity contribution in [3.8, 4) is 0 Å². The number of hydrogen-bond donors (Lipinski definition) is 0. The SMILES string of the molecule is CC(C)CC(=O)N(C(C)C)C(C)(C)C. The summed E-state index contributed by atoms with van der Waals surface area (Å²) in [5.74, 6) is 0.702. The molecule has 0 heterocycles. The van der Waals surface area contributed by atoms with Crippen molar-refractivity contribution >= 4 is 5.91 Å². The Kier molecular flexibility index (Phi) is 4.63. The van der Waals surface area contributed by atoms with Gasteiger partial charge in [0.15, 0.2) is 0 Å². The lowest BCUT2D eigenvalue weighted by Crippen LogP contribution is -2.49. The molecule has 84 valence electrons. The molecule has 0 aliphatic heterocycles. The summed E-state index contributed by atoms with van der Waals surface area (Å²) in [4.78, 5) is 13.9. The highest BCUT2D eigenvalue weighted by molar-refractivity contribution is 5.77. The van der Waals surface area contributed by atoms with Gasteiger partial charge >= 0.3 is 0 Å². The van der Waals surface area contributed by atoms with Crippen molar-refractivity contribution in [1.82, 2.24) is 4.90 Å². The predicted molar refractivity (Wildman–Crippen MR) is 61.2 cm³/mol. The first-order chi connectivity index (χ1) is 6.16. The largest absolute Gasteiger partial charge is 0.335 e. The first-order valence-corrected chi connectivity index (χ1v) is 5.48. The third-order valence-corrected chi connectivity index (χ3v) is 2.09. The van der Waals surface area contributed by atoms with Gasteiger partial charge in [0.2, 0.25) is 5.91 Å². The van der Waals surface area contributed by atoms with Gasteiger partial charge < -0.3 is 4.90 Å². The van der Waals surface area contributed by atoms with Crippen LogP contribution in [0.3, 0.4) is 0 Å². The summed E-state index contributed by atoms with van der Waals surface area (Å²) in [6, 6.07) is 0.279. The number of hydrogen-bond acceptors (Lipinski definition) is 1. The Morgan fingerprint density at radius 2 is 1.57 bits per heavy atom. The molecule has 0 fully saturated rings. The van der Waals surface area contributed by atoms with Gasteiger partial charge in [-0.25, -0.2) is 0 Å². The number of carbonyl (C=O) groups is 1. The van der Waals surface area contributed by atoms with E-state index in [1.54, 1.807) is 0 Å². The fourth-order valence-corrected chi connectivity index (χ4v) is 1.88. The highest BCUT2D eigenvalue weighted by Crippen LogP contribution is 2.19. The van der Waals surface area contributed by atoms with Crippen molar-refractivity contribution in [2.45, 2.75) is 66.5 Å². The van der Waals surface area contributed by atoms with Crippen molar-refractivity contribution < 1.29 is 4.79 Å². The second-order valence-corrected chi connectivity index (χ2v) is 5.63. The van der Waals surface area contributed by atoms with Gasteiger partial charge in [0.1, 0.15) is 0 Å². The van der Waals surface area contributed by atoms with Crippen LogP contribution >= 0.6 is 0 Å². The number of carbonyl (C=O) groups excluding carboxylic acids is 1. The molecule has 0 saturated carbocycles. The Hall–Kier alpha value is -0.530. The minimum absolute atomic E-state index is 0.0693. The molecule has 0 bridgehead atoms. The van der Waals surface area contributed by atoms with E-state index < -0.39 is 0 Å². The van der Waals surface area contributed by atoms with Crippen molar-refractivity contribution in [3.05, 3.63) is 0 Å². The van der Waals surface area contributed by atoms with Crippen LogP contribution in [0, 0.1) is 5.92 Å². The number of rotatable bonds is 3. The quantitative estimate of drug-likeness (QED) is 0.684.